The van der Waals surface area contributed by atoms with Gasteiger partial charge in [-0.15, -0.1) is 0 Å². The SMILES string of the molecule is CS(=O)(=O)c1ccc(CN2CCN(CCCC(N)(CCCCB(O)O)C(=O)OCCN3CCOCC3)CC2)cc1. The number of rotatable bonds is 16. The number of nitrogens with two attached hydrogens (primary N) is 1. The summed E-state index contributed by atoms with van der Waals surface area (Å²) in [5, 5.41) is 18.3. The van der Waals surface area contributed by atoms with E-state index in [1.54, 1.807) is 12.1 Å². The van der Waals surface area contributed by atoms with E-state index in [0.29, 0.717) is 56.9 Å². The Balaban J connectivity index is 1.42. The average molecular weight is 583 g/mol. The number of unbranched alkanes of at least 4 members (excludes halogenated alkanes) is 1. The van der Waals surface area contributed by atoms with Gasteiger partial charge in [-0.2, -0.15) is 0 Å². The molecule has 0 radical (unpaired) electrons. The Morgan fingerprint density at radius 3 is 2.17 bits per heavy atom. The number of piperazine rings is 1. The lowest BCUT2D eigenvalue weighted by atomic mass is 9.81. The summed E-state index contributed by atoms with van der Waals surface area (Å²) >= 11 is 0. The highest BCUT2D eigenvalue weighted by Crippen LogP contribution is 2.22. The molecular weight excluding hydrogens is 535 g/mol. The second-order valence-corrected chi connectivity index (χ2v) is 13.1. The second kappa shape index (κ2) is 16.2. The van der Waals surface area contributed by atoms with Gasteiger partial charge in [0.15, 0.2) is 9.84 Å². The zero-order valence-corrected chi connectivity index (χ0v) is 24.7. The number of carbonyl (C=O) groups excluding carboxylic acids is 1. The zero-order valence-electron chi connectivity index (χ0n) is 23.9. The average Bonchev–Trinajstić information content (AvgIpc) is 2.92. The summed E-state index contributed by atoms with van der Waals surface area (Å²) < 4.78 is 34.4. The van der Waals surface area contributed by atoms with Gasteiger partial charge in [-0.25, -0.2) is 8.42 Å². The van der Waals surface area contributed by atoms with E-state index in [9.17, 15) is 13.2 Å². The fourth-order valence-corrected chi connectivity index (χ4v) is 5.85. The Labute approximate surface area is 239 Å². The molecule has 2 saturated heterocycles. The van der Waals surface area contributed by atoms with Crippen LogP contribution in [0.2, 0.25) is 6.32 Å². The first-order valence-corrected chi connectivity index (χ1v) is 16.3. The molecule has 3 rings (SSSR count). The van der Waals surface area contributed by atoms with Crippen LogP contribution < -0.4 is 5.73 Å². The van der Waals surface area contributed by atoms with Crippen LogP contribution in [0.5, 0.6) is 0 Å². The standard InChI is InChI=1S/C27H47BN4O7S/c1-40(36,37)25-7-5-24(6-8-25)23-32-15-13-30(14-16-32)12-4-10-27(29,9-2-3-11-28(34)35)26(33)39-22-19-31-17-20-38-21-18-31/h5-8,34-35H,2-4,9-23,29H2,1H3. The van der Waals surface area contributed by atoms with Crippen molar-refractivity contribution in [3.8, 4) is 0 Å². The van der Waals surface area contributed by atoms with Crippen LogP contribution in [0.15, 0.2) is 29.2 Å². The van der Waals surface area contributed by atoms with E-state index < -0.39 is 22.5 Å². The number of morpholine rings is 1. The van der Waals surface area contributed by atoms with Crippen molar-refractivity contribution >= 4 is 22.9 Å². The first kappa shape index (κ1) is 32.9. The molecule has 0 amide bonds. The van der Waals surface area contributed by atoms with Crippen LogP contribution in [0, 0.1) is 0 Å². The maximum absolute atomic E-state index is 13.1. The largest absolute Gasteiger partial charge is 0.463 e. The molecule has 2 aliphatic heterocycles. The number of hydrogen-bond acceptors (Lipinski definition) is 11. The number of nitrogens with zero attached hydrogens (tertiary/aromatic N) is 3. The molecule has 40 heavy (non-hydrogen) atoms. The van der Waals surface area contributed by atoms with Crippen LogP contribution in [0.4, 0.5) is 0 Å². The summed E-state index contributed by atoms with van der Waals surface area (Å²) in [6, 6.07) is 7.09. The highest BCUT2D eigenvalue weighted by atomic mass is 32.2. The highest BCUT2D eigenvalue weighted by Gasteiger charge is 2.35. The minimum atomic E-state index is -3.19. The Morgan fingerprint density at radius 1 is 0.950 bits per heavy atom. The topological polar surface area (TPSA) is 146 Å². The first-order valence-electron chi connectivity index (χ1n) is 14.4. The minimum Gasteiger partial charge on any atom is -0.463 e. The van der Waals surface area contributed by atoms with E-state index in [0.717, 1.165) is 64.3 Å². The fourth-order valence-electron chi connectivity index (χ4n) is 5.22. The van der Waals surface area contributed by atoms with Crippen molar-refractivity contribution in [2.24, 2.45) is 5.73 Å². The minimum absolute atomic E-state index is 0.258. The van der Waals surface area contributed by atoms with E-state index in [2.05, 4.69) is 14.7 Å². The molecule has 1 atom stereocenters. The third kappa shape index (κ3) is 11.4. The van der Waals surface area contributed by atoms with Crippen molar-refractivity contribution in [3.63, 3.8) is 0 Å². The summed E-state index contributed by atoms with van der Waals surface area (Å²) in [5.74, 6) is -0.378. The van der Waals surface area contributed by atoms with Crippen LogP contribution in [-0.4, -0.2) is 130 Å². The molecule has 1 unspecified atom stereocenters. The number of sulfone groups is 1. The highest BCUT2D eigenvalue weighted by molar-refractivity contribution is 7.90. The molecule has 1 aromatic carbocycles. The molecule has 0 saturated carbocycles. The van der Waals surface area contributed by atoms with Crippen molar-refractivity contribution in [1.82, 2.24) is 14.7 Å². The number of carbonyl (C=O) groups is 1. The van der Waals surface area contributed by atoms with Crippen LogP contribution in [0.1, 0.15) is 37.7 Å². The van der Waals surface area contributed by atoms with Gasteiger partial charge in [-0.05, 0) is 49.8 Å². The van der Waals surface area contributed by atoms with Gasteiger partial charge < -0.3 is 30.2 Å². The fraction of sp³-hybridized carbons (Fsp3) is 0.741. The lowest BCUT2D eigenvalue weighted by Crippen LogP contribution is -2.51. The number of esters is 1. The number of ether oxygens (including phenoxy) is 2. The molecule has 0 spiro atoms. The third-order valence-electron chi connectivity index (χ3n) is 7.81. The molecule has 0 aromatic heterocycles. The van der Waals surface area contributed by atoms with Gasteiger partial charge in [0, 0.05) is 58.6 Å². The number of benzene rings is 1. The Kier molecular flexibility index (Phi) is 13.3. The van der Waals surface area contributed by atoms with Crippen molar-refractivity contribution in [2.45, 2.75) is 55.4 Å². The van der Waals surface area contributed by atoms with Gasteiger partial charge in [0.2, 0.25) is 0 Å². The van der Waals surface area contributed by atoms with Crippen LogP contribution in [-0.2, 0) is 30.7 Å². The quantitative estimate of drug-likeness (QED) is 0.140. The van der Waals surface area contributed by atoms with E-state index in [1.807, 2.05) is 12.1 Å². The summed E-state index contributed by atoms with van der Waals surface area (Å²) in [6.07, 6.45) is 4.40. The predicted octanol–water partition coefficient (Wildman–Crippen LogP) is 0.204. The molecule has 4 N–H and O–H groups in total. The summed E-state index contributed by atoms with van der Waals surface area (Å²) in [5.41, 5.74) is 6.64. The smallest absolute Gasteiger partial charge is 0.451 e. The second-order valence-electron chi connectivity index (χ2n) is 11.1. The zero-order chi connectivity index (χ0) is 29.0. The lowest BCUT2D eigenvalue weighted by Gasteiger charge is -2.35. The summed E-state index contributed by atoms with van der Waals surface area (Å²) in [6.45, 7) is 9.28. The maximum atomic E-state index is 13.1. The van der Waals surface area contributed by atoms with Gasteiger partial charge in [0.1, 0.15) is 12.1 Å². The van der Waals surface area contributed by atoms with Crippen LogP contribution in [0.3, 0.4) is 0 Å². The molecular formula is C27H47BN4O7S. The molecule has 226 valence electrons. The van der Waals surface area contributed by atoms with Gasteiger partial charge in [0.25, 0.3) is 0 Å². The van der Waals surface area contributed by atoms with E-state index in [1.165, 1.54) is 6.26 Å². The molecule has 0 bridgehead atoms. The monoisotopic (exact) mass is 582 g/mol. The molecule has 2 heterocycles. The number of hydrogen-bond donors (Lipinski definition) is 3. The van der Waals surface area contributed by atoms with E-state index in [-0.39, 0.29) is 12.3 Å². The Bertz CT molecular complexity index is 1000. The maximum Gasteiger partial charge on any atom is 0.451 e. The summed E-state index contributed by atoms with van der Waals surface area (Å²) in [4.78, 5) is 20.4. The Morgan fingerprint density at radius 2 is 1.55 bits per heavy atom. The van der Waals surface area contributed by atoms with Crippen molar-refractivity contribution in [2.75, 3.05) is 78.4 Å². The van der Waals surface area contributed by atoms with Gasteiger partial charge in [-0.3, -0.25) is 14.6 Å². The molecule has 13 heteroatoms. The van der Waals surface area contributed by atoms with Crippen molar-refractivity contribution in [3.05, 3.63) is 29.8 Å². The molecule has 2 aliphatic rings. The molecule has 11 nitrogen and oxygen atoms in total. The van der Waals surface area contributed by atoms with Gasteiger partial charge in [0.05, 0.1) is 18.1 Å². The van der Waals surface area contributed by atoms with E-state index >= 15 is 0 Å². The Hall–Kier alpha value is -1.58. The lowest BCUT2D eigenvalue weighted by molar-refractivity contribution is -0.151. The molecule has 0 aliphatic carbocycles. The van der Waals surface area contributed by atoms with Crippen LogP contribution >= 0.6 is 0 Å². The third-order valence-corrected chi connectivity index (χ3v) is 8.93. The van der Waals surface area contributed by atoms with Crippen LogP contribution in [0.25, 0.3) is 0 Å². The molecule has 2 fully saturated rings. The first-order chi connectivity index (χ1) is 19.0. The summed E-state index contributed by atoms with van der Waals surface area (Å²) in [7, 11) is -4.54. The normalized spacial score (nSPS) is 19.3. The predicted molar refractivity (Wildman–Crippen MR) is 154 cm³/mol. The van der Waals surface area contributed by atoms with Crippen molar-refractivity contribution < 1.29 is 32.7 Å². The van der Waals surface area contributed by atoms with E-state index in [4.69, 9.17) is 25.3 Å². The van der Waals surface area contributed by atoms with Gasteiger partial charge >= 0.3 is 13.1 Å². The van der Waals surface area contributed by atoms with Gasteiger partial charge in [-0.1, -0.05) is 25.0 Å². The van der Waals surface area contributed by atoms with Crippen molar-refractivity contribution in [1.29, 1.82) is 0 Å². The molecule has 1 aromatic rings.